The van der Waals surface area contributed by atoms with Gasteiger partial charge in [-0.3, -0.25) is 0 Å². The normalized spacial score (nSPS) is 10.5. The number of methoxy groups -OCH3 is 2. The van der Waals surface area contributed by atoms with Crippen LogP contribution in [-0.4, -0.2) is 30.7 Å². The smallest absolute Gasteiger partial charge is 0.229 e. The van der Waals surface area contributed by atoms with E-state index in [4.69, 9.17) is 9.47 Å². The first-order valence-electron chi connectivity index (χ1n) is 9.62. The van der Waals surface area contributed by atoms with Crippen LogP contribution in [0.25, 0.3) is 0 Å². The van der Waals surface area contributed by atoms with E-state index >= 15 is 0 Å². The fourth-order valence-corrected chi connectivity index (χ4v) is 3.26. The molecule has 29 heavy (non-hydrogen) atoms. The van der Waals surface area contributed by atoms with Gasteiger partial charge in [0.1, 0.15) is 5.82 Å². The molecule has 0 radical (unpaired) electrons. The van der Waals surface area contributed by atoms with E-state index in [0.29, 0.717) is 5.95 Å². The number of ether oxygens (including phenoxy) is 2. The summed E-state index contributed by atoms with van der Waals surface area (Å²) in [7, 11) is 3.29. The van der Waals surface area contributed by atoms with Crippen molar-refractivity contribution in [3.8, 4) is 11.5 Å². The van der Waals surface area contributed by atoms with Gasteiger partial charge in [0, 0.05) is 24.0 Å². The van der Waals surface area contributed by atoms with E-state index in [0.717, 1.165) is 47.2 Å². The lowest BCUT2D eigenvalue weighted by Crippen LogP contribution is -2.09. The molecule has 0 saturated carbocycles. The molecule has 6 nitrogen and oxygen atoms in total. The first-order valence-corrected chi connectivity index (χ1v) is 9.62. The van der Waals surface area contributed by atoms with Crippen LogP contribution in [0.4, 0.5) is 17.5 Å². The lowest BCUT2D eigenvalue weighted by atomic mass is 10.1. The van der Waals surface area contributed by atoms with Crippen molar-refractivity contribution in [2.24, 2.45) is 0 Å². The molecule has 0 aliphatic carbocycles. The number of anilines is 3. The van der Waals surface area contributed by atoms with Gasteiger partial charge >= 0.3 is 0 Å². The van der Waals surface area contributed by atoms with E-state index in [1.54, 1.807) is 14.2 Å². The third-order valence-electron chi connectivity index (χ3n) is 4.50. The topological polar surface area (TPSA) is 68.3 Å². The van der Waals surface area contributed by atoms with Crippen molar-refractivity contribution < 1.29 is 9.47 Å². The van der Waals surface area contributed by atoms with E-state index in [-0.39, 0.29) is 0 Å². The predicted octanol–water partition coefficient (Wildman–Crippen LogP) is 4.82. The SMILES string of the molecule is COc1ccc(CCNc2cc(C)nc(Nc3cc(C)cc(C)c3)n2)cc1OC. The molecule has 0 aliphatic rings. The Morgan fingerprint density at radius 3 is 2.24 bits per heavy atom. The Labute approximate surface area is 172 Å². The summed E-state index contributed by atoms with van der Waals surface area (Å²) in [5.74, 6) is 2.86. The summed E-state index contributed by atoms with van der Waals surface area (Å²) in [6.45, 7) is 6.87. The van der Waals surface area contributed by atoms with Crippen LogP contribution in [0.15, 0.2) is 42.5 Å². The number of benzene rings is 2. The number of rotatable bonds is 8. The minimum Gasteiger partial charge on any atom is -0.493 e. The lowest BCUT2D eigenvalue weighted by Gasteiger charge is -2.12. The molecule has 152 valence electrons. The quantitative estimate of drug-likeness (QED) is 0.573. The molecule has 0 atom stereocenters. The summed E-state index contributed by atoms with van der Waals surface area (Å²) >= 11 is 0. The Hall–Kier alpha value is -3.28. The van der Waals surface area contributed by atoms with E-state index in [1.165, 1.54) is 11.1 Å². The monoisotopic (exact) mass is 392 g/mol. The highest BCUT2D eigenvalue weighted by atomic mass is 16.5. The van der Waals surface area contributed by atoms with Crippen molar-refractivity contribution in [2.45, 2.75) is 27.2 Å². The summed E-state index contributed by atoms with van der Waals surface area (Å²) in [6, 6.07) is 14.2. The molecule has 0 spiro atoms. The molecule has 0 bridgehead atoms. The average molecular weight is 393 g/mol. The highest BCUT2D eigenvalue weighted by molar-refractivity contribution is 5.57. The number of aromatic nitrogens is 2. The number of nitrogens with one attached hydrogen (secondary N) is 2. The molecule has 2 N–H and O–H groups in total. The van der Waals surface area contributed by atoms with Gasteiger partial charge in [0.2, 0.25) is 5.95 Å². The molecular formula is C23H28N4O2. The van der Waals surface area contributed by atoms with Crippen molar-refractivity contribution in [1.82, 2.24) is 9.97 Å². The van der Waals surface area contributed by atoms with Gasteiger partial charge in [-0.2, -0.15) is 4.98 Å². The summed E-state index contributed by atoms with van der Waals surface area (Å²) in [4.78, 5) is 9.11. The summed E-state index contributed by atoms with van der Waals surface area (Å²) in [5, 5.41) is 6.70. The molecule has 0 unspecified atom stereocenters. The first kappa shape index (κ1) is 20.5. The number of aryl methyl sites for hydroxylation is 3. The van der Waals surface area contributed by atoms with Crippen molar-refractivity contribution in [3.05, 3.63) is 64.8 Å². The zero-order valence-electron chi connectivity index (χ0n) is 17.7. The molecule has 1 heterocycles. The number of hydrogen-bond donors (Lipinski definition) is 2. The Kier molecular flexibility index (Phi) is 6.54. The second-order valence-corrected chi connectivity index (χ2v) is 7.09. The molecular weight excluding hydrogens is 364 g/mol. The van der Waals surface area contributed by atoms with Gasteiger partial charge in [0.15, 0.2) is 11.5 Å². The first-order chi connectivity index (χ1) is 14.0. The van der Waals surface area contributed by atoms with Crippen LogP contribution in [0.1, 0.15) is 22.4 Å². The van der Waals surface area contributed by atoms with Crippen LogP contribution in [0.5, 0.6) is 11.5 Å². The molecule has 0 saturated heterocycles. The van der Waals surface area contributed by atoms with Crippen LogP contribution in [0.2, 0.25) is 0 Å². The van der Waals surface area contributed by atoms with Gasteiger partial charge in [0.05, 0.1) is 14.2 Å². The number of hydrogen-bond acceptors (Lipinski definition) is 6. The van der Waals surface area contributed by atoms with Gasteiger partial charge in [-0.25, -0.2) is 4.98 Å². The molecule has 0 aliphatic heterocycles. The molecule has 6 heteroatoms. The molecule has 3 aromatic rings. The van der Waals surface area contributed by atoms with Gasteiger partial charge in [-0.05, 0) is 68.1 Å². The fraction of sp³-hybridized carbons (Fsp3) is 0.304. The van der Waals surface area contributed by atoms with Gasteiger partial charge in [-0.1, -0.05) is 12.1 Å². The maximum absolute atomic E-state index is 5.37. The molecule has 1 aromatic heterocycles. The lowest BCUT2D eigenvalue weighted by molar-refractivity contribution is 0.354. The summed E-state index contributed by atoms with van der Waals surface area (Å²) in [5.41, 5.74) is 5.46. The van der Waals surface area contributed by atoms with Crippen LogP contribution in [0.3, 0.4) is 0 Å². The Bertz CT molecular complexity index is 968. The molecule has 2 aromatic carbocycles. The highest BCUT2D eigenvalue weighted by Gasteiger charge is 2.06. The van der Waals surface area contributed by atoms with Crippen LogP contribution < -0.4 is 20.1 Å². The molecule has 0 fully saturated rings. The van der Waals surface area contributed by atoms with Gasteiger partial charge in [0.25, 0.3) is 0 Å². The van der Waals surface area contributed by atoms with E-state index in [2.05, 4.69) is 52.6 Å². The maximum atomic E-state index is 5.37. The second kappa shape index (κ2) is 9.28. The predicted molar refractivity (Wildman–Crippen MR) is 118 cm³/mol. The van der Waals surface area contributed by atoms with Crippen molar-refractivity contribution >= 4 is 17.5 Å². The van der Waals surface area contributed by atoms with Crippen LogP contribution >= 0.6 is 0 Å². The minimum atomic E-state index is 0.587. The largest absolute Gasteiger partial charge is 0.493 e. The van der Waals surface area contributed by atoms with Crippen molar-refractivity contribution in [3.63, 3.8) is 0 Å². The summed E-state index contributed by atoms with van der Waals surface area (Å²) in [6.07, 6.45) is 0.837. The molecule has 0 amide bonds. The Morgan fingerprint density at radius 1 is 0.828 bits per heavy atom. The van der Waals surface area contributed by atoms with Gasteiger partial charge < -0.3 is 20.1 Å². The standard InChI is InChI=1S/C23H28N4O2/c1-15-10-16(2)12-19(11-15)26-23-25-17(3)13-22(27-23)24-9-8-18-6-7-20(28-4)21(14-18)29-5/h6-7,10-14H,8-9H2,1-5H3,(H2,24,25,26,27). The Morgan fingerprint density at radius 2 is 1.55 bits per heavy atom. The van der Waals surface area contributed by atoms with E-state index in [9.17, 15) is 0 Å². The third-order valence-corrected chi connectivity index (χ3v) is 4.50. The van der Waals surface area contributed by atoms with Crippen molar-refractivity contribution in [1.29, 1.82) is 0 Å². The van der Waals surface area contributed by atoms with Gasteiger partial charge in [-0.15, -0.1) is 0 Å². The fourth-order valence-electron chi connectivity index (χ4n) is 3.26. The highest BCUT2D eigenvalue weighted by Crippen LogP contribution is 2.27. The minimum absolute atomic E-state index is 0.587. The molecule has 3 rings (SSSR count). The van der Waals surface area contributed by atoms with E-state index < -0.39 is 0 Å². The summed E-state index contributed by atoms with van der Waals surface area (Å²) < 4.78 is 10.7. The van der Waals surface area contributed by atoms with Crippen LogP contribution in [-0.2, 0) is 6.42 Å². The average Bonchev–Trinajstić information content (AvgIpc) is 2.66. The van der Waals surface area contributed by atoms with E-state index in [1.807, 2.05) is 31.2 Å². The van der Waals surface area contributed by atoms with Crippen molar-refractivity contribution in [2.75, 3.05) is 31.4 Å². The zero-order chi connectivity index (χ0) is 20.8. The Balaban J connectivity index is 1.65. The third kappa shape index (κ3) is 5.60. The number of nitrogens with zero attached hydrogens (tertiary/aromatic N) is 2. The van der Waals surface area contributed by atoms with Crippen LogP contribution in [0, 0.1) is 20.8 Å². The second-order valence-electron chi connectivity index (χ2n) is 7.09. The maximum Gasteiger partial charge on any atom is 0.229 e. The zero-order valence-corrected chi connectivity index (χ0v) is 17.7.